The molecule has 0 aromatic heterocycles. The molecule has 0 radical (unpaired) electrons. The van der Waals surface area contributed by atoms with Crippen LogP contribution >= 0.6 is 0 Å². The molecule has 0 spiro atoms. The van der Waals surface area contributed by atoms with Crippen LogP contribution in [0.5, 0.6) is 5.75 Å². The van der Waals surface area contributed by atoms with Crippen LogP contribution in [0.1, 0.15) is 5.56 Å². The zero-order valence-corrected chi connectivity index (χ0v) is 14.2. The third-order valence-corrected chi connectivity index (χ3v) is 6.49. The van der Waals surface area contributed by atoms with Crippen LogP contribution < -0.4 is 0 Å². The van der Waals surface area contributed by atoms with Gasteiger partial charge in [0, 0.05) is 25.7 Å². The Bertz CT molecular complexity index is 704. The summed E-state index contributed by atoms with van der Waals surface area (Å²) < 4.78 is 24.1. The van der Waals surface area contributed by atoms with Gasteiger partial charge in [-0.3, -0.25) is 9.69 Å². The standard InChI is InChI=1S/C16H22N2O5S/c19-8-7-17-5-6-18(15-11-24(22,23)10-14(15)17)16(21)9-12-1-3-13(20)4-2-12/h1-4,14-15,19-20H,5-11H2/t14-,15+/m1/s1. The van der Waals surface area contributed by atoms with E-state index in [1.54, 1.807) is 17.0 Å². The van der Waals surface area contributed by atoms with E-state index in [-0.39, 0.29) is 48.3 Å². The first-order chi connectivity index (χ1) is 11.4. The molecule has 2 atom stereocenters. The number of aliphatic hydroxyl groups is 1. The number of phenolic OH excluding ortho intramolecular Hbond substituents is 1. The maximum Gasteiger partial charge on any atom is 0.227 e. The largest absolute Gasteiger partial charge is 0.508 e. The van der Waals surface area contributed by atoms with Gasteiger partial charge >= 0.3 is 0 Å². The summed E-state index contributed by atoms with van der Waals surface area (Å²) >= 11 is 0. The monoisotopic (exact) mass is 354 g/mol. The Balaban J connectivity index is 1.75. The summed E-state index contributed by atoms with van der Waals surface area (Å²) in [6, 6.07) is 5.87. The summed E-state index contributed by atoms with van der Waals surface area (Å²) in [5.41, 5.74) is 0.785. The lowest BCUT2D eigenvalue weighted by atomic mass is 10.0. The van der Waals surface area contributed by atoms with E-state index in [0.717, 1.165) is 5.56 Å². The topological polar surface area (TPSA) is 98.2 Å². The minimum atomic E-state index is -3.18. The Hall–Kier alpha value is -1.64. The lowest BCUT2D eigenvalue weighted by Gasteiger charge is -2.43. The van der Waals surface area contributed by atoms with Crippen molar-refractivity contribution in [2.45, 2.75) is 18.5 Å². The highest BCUT2D eigenvalue weighted by molar-refractivity contribution is 7.91. The normalized spacial score (nSPS) is 26.3. The van der Waals surface area contributed by atoms with Crippen molar-refractivity contribution < 1.29 is 23.4 Å². The van der Waals surface area contributed by atoms with Crippen LogP contribution in [-0.4, -0.2) is 84.2 Å². The first-order valence-corrected chi connectivity index (χ1v) is 9.84. The number of benzene rings is 1. The summed E-state index contributed by atoms with van der Waals surface area (Å²) in [5.74, 6) is 0.0730. The zero-order valence-electron chi connectivity index (χ0n) is 13.3. The van der Waals surface area contributed by atoms with Crippen molar-refractivity contribution in [3.63, 3.8) is 0 Å². The maximum absolute atomic E-state index is 12.7. The van der Waals surface area contributed by atoms with E-state index in [4.69, 9.17) is 5.11 Å². The van der Waals surface area contributed by atoms with Crippen molar-refractivity contribution in [2.24, 2.45) is 0 Å². The molecule has 3 rings (SSSR count). The Morgan fingerprint density at radius 1 is 1.12 bits per heavy atom. The Labute approximate surface area is 141 Å². The molecule has 0 unspecified atom stereocenters. The predicted molar refractivity (Wildman–Crippen MR) is 88.4 cm³/mol. The van der Waals surface area contributed by atoms with Gasteiger partial charge in [0.2, 0.25) is 5.91 Å². The molecule has 2 heterocycles. The van der Waals surface area contributed by atoms with Gasteiger partial charge in [-0.1, -0.05) is 12.1 Å². The molecule has 2 aliphatic heterocycles. The van der Waals surface area contributed by atoms with Gasteiger partial charge in [0.15, 0.2) is 9.84 Å². The van der Waals surface area contributed by atoms with Crippen LogP contribution in [0.15, 0.2) is 24.3 Å². The molecule has 1 aromatic carbocycles. The second kappa shape index (κ2) is 6.70. The van der Waals surface area contributed by atoms with Crippen LogP contribution in [0.2, 0.25) is 0 Å². The van der Waals surface area contributed by atoms with Crippen LogP contribution in [-0.2, 0) is 21.1 Å². The summed E-state index contributed by atoms with van der Waals surface area (Å²) in [6.45, 7) is 1.44. The van der Waals surface area contributed by atoms with Crippen LogP contribution in [0.4, 0.5) is 0 Å². The van der Waals surface area contributed by atoms with Crippen molar-refractivity contribution in [1.82, 2.24) is 9.80 Å². The van der Waals surface area contributed by atoms with Gasteiger partial charge in [0.1, 0.15) is 5.75 Å². The number of amides is 1. The average molecular weight is 354 g/mol. The van der Waals surface area contributed by atoms with Gasteiger partial charge in [-0.25, -0.2) is 8.42 Å². The third-order valence-electron chi connectivity index (χ3n) is 4.79. The van der Waals surface area contributed by atoms with E-state index in [1.165, 1.54) is 12.1 Å². The SMILES string of the molecule is O=C(Cc1ccc(O)cc1)N1CCN(CCO)[C@@H]2CS(=O)(=O)C[C@@H]21. The molecule has 1 aromatic rings. The fourth-order valence-electron chi connectivity index (χ4n) is 3.63. The molecule has 2 saturated heterocycles. The fourth-order valence-corrected chi connectivity index (χ4v) is 5.64. The van der Waals surface area contributed by atoms with Gasteiger partial charge in [-0.2, -0.15) is 0 Å². The number of aliphatic hydroxyl groups excluding tert-OH is 1. The number of hydrogen-bond donors (Lipinski definition) is 2. The summed E-state index contributed by atoms with van der Waals surface area (Å²) in [6.07, 6.45) is 0.184. The highest BCUT2D eigenvalue weighted by atomic mass is 32.2. The van der Waals surface area contributed by atoms with E-state index in [1.807, 2.05) is 4.90 Å². The molecule has 2 N–H and O–H groups in total. The quantitative estimate of drug-likeness (QED) is 0.737. The van der Waals surface area contributed by atoms with Gasteiger partial charge in [0.05, 0.1) is 30.6 Å². The molecule has 0 saturated carbocycles. The third kappa shape index (κ3) is 3.55. The highest BCUT2D eigenvalue weighted by Gasteiger charge is 2.47. The lowest BCUT2D eigenvalue weighted by Crippen LogP contribution is -2.61. The van der Waals surface area contributed by atoms with Crippen LogP contribution in [0.3, 0.4) is 0 Å². The average Bonchev–Trinajstić information content (AvgIpc) is 2.85. The number of carbonyl (C=O) groups excluding carboxylic acids is 1. The van der Waals surface area contributed by atoms with E-state index < -0.39 is 9.84 Å². The van der Waals surface area contributed by atoms with E-state index in [9.17, 15) is 18.3 Å². The minimum Gasteiger partial charge on any atom is -0.508 e. The number of fused-ring (bicyclic) bond motifs is 1. The summed E-state index contributed by atoms with van der Waals surface area (Å²) in [5, 5.41) is 18.5. The number of aromatic hydroxyl groups is 1. The number of β-amino-alcohol motifs (C(OH)–C–C–N with tert-alkyl or cyclic N) is 1. The predicted octanol–water partition coefficient (Wildman–Crippen LogP) is -0.763. The van der Waals surface area contributed by atoms with Crippen molar-refractivity contribution in [3.05, 3.63) is 29.8 Å². The number of hydrogen-bond acceptors (Lipinski definition) is 6. The maximum atomic E-state index is 12.7. The number of sulfone groups is 1. The molecule has 0 aliphatic carbocycles. The second-order valence-electron chi connectivity index (χ2n) is 6.40. The van der Waals surface area contributed by atoms with Gasteiger partial charge in [-0.05, 0) is 17.7 Å². The smallest absolute Gasteiger partial charge is 0.227 e. The molecular weight excluding hydrogens is 332 g/mol. The molecule has 7 nitrogen and oxygen atoms in total. The van der Waals surface area contributed by atoms with Gasteiger partial charge in [-0.15, -0.1) is 0 Å². The summed E-state index contributed by atoms with van der Waals surface area (Å²) in [7, 11) is -3.18. The minimum absolute atomic E-state index is 0.0130. The summed E-state index contributed by atoms with van der Waals surface area (Å²) in [4.78, 5) is 16.3. The lowest BCUT2D eigenvalue weighted by molar-refractivity contribution is -0.136. The molecular formula is C16H22N2O5S. The number of carbonyl (C=O) groups is 1. The number of rotatable bonds is 4. The number of nitrogens with zero attached hydrogens (tertiary/aromatic N) is 2. The number of piperazine rings is 1. The number of phenols is 1. The first kappa shape index (κ1) is 17.2. The molecule has 2 fully saturated rings. The van der Waals surface area contributed by atoms with Crippen molar-refractivity contribution >= 4 is 15.7 Å². The molecule has 24 heavy (non-hydrogen) atoms. The van der Waals surface area contributed by atoms with Gasteiger partial charge < -0.3 is 15.1 Å². The molecule has 1 amide bonds. The highest BCUT2D eigenvalue weighted by Crippen LogP contribution is 2.27. The van der Waals surface area contributed by atoms with Crippen molar-refractivity contribution in [2.75, 3.05) is 37.7 Å². The molecule has 2 aliphatic rings. The molecule has 132 valence electrons. The first-order valence-electron chi connectivity index (χ1n) is 8.02. The van der Waals surface area contributed by atoms with Crippen molar-refractivity contribution in [3.8, 4) is 5.75 Å². The van der Waals surface area contributed by atoms with E-state index >= 15 is 0 Å². The Morgan fingerprint density at radius 2 is 1.79 bits per heavy atom. The Morgan fingerprint density at radius 3 is 2.46 bits per heavy atom. The van der Waals surface area contributed by atoms with E-state index in [2.05, 4.69) is 0 Å². The molecule has 0 bridgehead atoms. The van der Waals surface area contributed by atoms with Gasteiger partial charge in [0.25, 0.3) is 0 Å². The zero-order chi connectivity index (χ0) is 17.3. The fraction of sp³-hybridized carbons (Fsp3) is 0.562. The Kier molecular flexibility index (Phi) is 4.80. The second-order valence-corrected chi connectivity index (χ2v) is 8.56. The van der Waals surface area contributed by atoms with Crippen molar-refractivity contribution in [1.29, 1.82) is 0 Å². The van der Waals surface area contributed by atoms with Crippen LogP contribution in [0, 0.1) is 0 Å². The van der Waals surface area contributed by atoms with Crippen LogP contribution in [0.25, 0.3) is 0 Å². The molecule has 8 heteroatoms. The van der Waals surface area contributed by atoms with E-state index in [0.29, 0.717) is 19.6 Å².